The van der Waals surface area contributed by atoms with Gasteiger partial charge in [-0.3, -0.25) is 0 Å². The molecule has 1 aliphatic heterocycles. The SMILES string of the molecule is C=C1C(=O)O[C@@H]2[C@H]3[C@@H](C)CC[C@H]3C(=C)CC[C@@H]12. The lowest BCUT2D eigenvalue weighted by Crippen LogP contribution is -2.31. The van der Waals surface area contributed by atoms with E-state index in [1.54, 1.807) is 0 Å². The molecule has 0 amide bonds. The fourth-order valence-corrected chi connectivity index (χ4v) is 4.10. The molecule has 0 spiro atoms. The van der Waals surface area contributed by atoms with Crippen LogP contribution in [-0.4, -0.2) is 12.1 Å². The fraction of sp³-hybridized carbons (Fsp3) is 0.667. The van der Waals surface area contributed by atoms with Crippen molar-refractivity contribution in [2.75, 3.05) is 0 Å². The average Bonchev–Trinajstić information content (AvgIpc) is 2.75. The van der Waals surface area contributed by atoms with Gasteiger partial charge in [-0.2, -0.15) is 0 Å². The van der Waals surface area contributed by atoms with Gasteiger partial charge in [0.2, 0.25) is 0 Å². The smallest absolute Gasteiger partial charge is 0.334 e. The Morgan fingerprint density at radius 2 is 1.94 bits per heavy atom. The van der Waals surface area contributed by atoms with Crippen molar-refractivity contribution in [3.8, 4) is 0 Å². The van der Waals surface area contributed by atoms with Gasteiger partial charge >= 0.3 is 5.97 Å². The minimum atomic E-state index is -0.162. The molecule has 3 rings (SSSR count). The molecular weight excluding hydrogens is 212 g/mol. The van der Waals surface area contributed by atoms with Gasteiger partial charge in [-0.15, -0.1) is 0 Å². The summed E-state index contributed by atoms with van der Waals surface area (Å²) in [4.78, 5) is 11.7. The minimum Gasteiger partial charge on any atom is -0.458 e. The molecule has 0 N–H and O–H groups in total. The Labute approximate surface area is 103 Å². The Hall–Kier alpha value is -1.05. The maximum atomic E-state index is 11.7. The van der Waals surface area contributed by atoms with Gasteiger partial charge in [-0.05, 0) is 37.5 Å². The first-order chi connectivity index (χ1) is 8.09. The molecular formula is C15H20O2. The maximum Gasteiger partial charge on any atom is 0.334 e. The maximum absolute atomic E-state index is 11.7. The molecule has 1 heterocycles. The molecule has 0 aromatic heterocycles. The number of fused-ring (bicyclic) bond motifs is 3. The monoisotopic (exact) mass is 232 g/mol. The van der Waals surface area contributed by atoms with Crippen molar-refractivity contribution >= 4 is 5.97 Å². The standard InChI is InChI=1S/C15H20O2/c1-8-4-7-12-10(3)15(16)17-14(12)13-9(2)5-6-11(8)13/h9,11-14H,1,3-7H2,2H3/t9-,11-,12-,13-,14-/m0/s1. The number of rotatable bonds is 0. The third-order valence-electron chi connectivity index (χ3n) is 5.08. The molecule has 2 aliphatic carbocycles. The van der Waals surface area contributed by atoms with Crippen LogP contribution >= 0.6 is 0 Å². The first-order valence-corrected chi connectivity index (χ1v) is 6.67. The summed E-state index contributed by atoms with van der Waals surface area (Å²) < 4.78 is 5.61. The fourth-order valence-electron chi connectivity index (χ4n) is 4.10. The molecule has 0 aromatic carbocycles. The van der Waals surface area contributed by atoms with Gasteiger partial charge in [0, 0.05) is 17.4 Å². The summed E-state index contributed by atoms with van der Waals surface area (Å²) in [6.07, 6.45) is 4.56. The molecule has 92 valence electrons. The van der Waals surface area contributed by atoms with Gasteiger partial charge in [-0.1, -0.05) is 25.7 Å². The second-order valence-corrected chi connectivity index (χ2v) is 5.94. The van der Waals surface area contributed by atoms with E-state index in [2.05, 4.69) is 20.1 Å². The second kappa shape index (κ2) is 3.72. The third-order valence-corrected chi connectivity index (χ3v) is 5.08. The van der Waals surface area contributed by atoms with E-state index in [1.807, 2.05) is 0 Å². The summed E-state index contributed by atoms with van der Waals surface area (Å²) in [6.45, 7) is 10.5. The van der Waals surface area contributed by atoms with E-state index in [0.29, 0.717) is 23.3 Å². The van der Waals surface area contributed by atoms with Gasteiger partial charge in [0.15, 0.2) is 0 Å². The lowest BCUT2D eigenvalue weighted by atomic mass is 9.79. The molecule has 3 fully saturated rings. The highest BCUT2D eigenvalue weighted by Crippen LogP contribution is 2.52. The van der Waals surface area contributed by atoms with E-state index < -0.39 is 0 Å². The van der Waals surface area contributed by atoms with Gasteiger partial charge < -0.3 is 4.74 Å². The number of hydrogen-bond acceptors (Lipinski definition) is 2. The van der Waals surface area contributed by atoms with Gasteiger partial charge in [0.25, 0.3) is 0 Å². The summed E-state index contributed by atoms with van der Waals surface area (Å²) in [5.41, 5.74) is 2.07. The van der Waals surface area contributed by atoms with Crippen LogP contribution in [-0.2, 0) is 9.53 Å². The molecule has 3 aliphatic rings. The molecule has 0 unspecified atom stereocenters. The van der Waals surface area contributed by atoms with Crippen LogP contribution < -0.4 is 0 Å². The number of esters is 1. The largest absolute Gasteiger partial charge is 0.458 e. The normalized spacial score (nSPS) is 45.2. The molecule has 0 aromatic rings. The van der Waals surface area contributed by atoms with Crippen LogP contribution in [0.4, 0.5) is 0 Å². The molecule has 1 saturated heterocycles. The van der Waals surface area contributed by atoms with Crippen molar-refractivity contribution in [1.29, 1.82) is 0 Å². The quantitative estimate of drug-likeness (QED) is 0.364. The summed E-state index contributed by atoms with van der Waals surface area (Å²) >= 11 is 0. The number of ether oxygens (including phenoxy) is 1. The van der Waals surface area contributed by atoms with Crippen molar-refractivity contribution < 1.29 is 9.53 Å². The Balaban J connectivity index is 1.97. The first kappa shape index (κ1) is 11.1. The molecule has 2 nitrogen and oxygen atoms in total. The van der Waals surface area contributed by atoms with Crippen LogP contribution in [0, 0.1) is 23.7 Å². The van der Waals surface area contributed by atoms with Crippen molar-refractivity contribution in [1.82, 2.24) is 0 Å². The molecule has 5 atom stereocenters. The van der Waals surface area contributed by atoms with Crippen molar-refractivity contribution in [2.45, 2.75) is 38.7 Å². The van der Waals surface area contributed by atoms with E-state index in [4.69, 9.17) is 4.74 Å². The minimum absolute atomic E-state index is 0.0803. The van der Waals surface area contributed by atoms with Crippen LogP contribution in [0.5, 0.6) is 0 Å². The Bertz CT molecular complexity index is 396. The lowest BCUT2D eigenvalue weighted by Gasteiger charge is -2.28. The van der Waals surface area contributed by atoms with E-state index in [0.717, 1.165) is 12.8 Å². The van der Waals surface area contributed by atoms with E-state index >= 15 is 0 Å². The van der Waals surface area contributed by atoms with Crippen molar-refractivity contribution in [3.63, 3.8) is 0 Å². The van der Waals surface area contributed by atoms with Gasteiger partial charge in [0.05, 0.1) is 0 Å². The zero-order valence-electron chi connectivity index (χ0n) is 10.4. The van der Waals surface area contributed by atoms with Crippen LogP contribution in [0.2, 0.25) is 0 Å². The topological polar surface area (TPSA) is 26.3 Å². The van der Waals surface area contributed by atoms with Crippen molar-refractivity contribution in [3.05, 3.63) is 24.3 Å². The highest BCUT2D eigenvalue weighted by molar-refractivity contribution is 5.90. The predicted molar refractivity (Wildman–Crippen MR) is 66.3 cm³/mol. The predicted octanol–water partition coefficient (Wildman–Crippen LogP) is 3.10. The highest BCUT2D eigenvalue weighted by atomic mass is 16.6. The molecule has 0 radical (unpaired) electrons. The zero-order valence-corrected chi connectivity index (χ0v) is 10.4. The number of allylic oxidation sites excluding steroid dienone is 1. The van der Waals surface area contributed by atoms with E-state index in [-0.39, 0.29) is 18.0 Å². The third kappa shape index (κ3) is 1.50. The molecule has 2 saturated carbocycles. The number of carbonyl (C=O) groups excluding carboxylic acids is 1. The lowest BCUT2D eigenvalue weighted by molar-refractivity contribution is -0.142. The zero-order chi connectivity index (χ0) is 12.2. The van der Waals surface area contributed by atoms with Crippen LogP contribution in [0.1, 0.15) is 32.6 Å². The van der Waals surface area contributed by atoms with Crippen molar-refractivity contribution in [2.24, 2.45) is 23.7 Å². The molecule has 0 bridgehead atoms. The Kier molecular flexibility index (Phi) is 2.42. The van der Waals surface area contributed by atoms with E-state index in [1.165, 1.54) is 18.4 Å². The summed E-state index contributed by atoms with van der Waals surface area (Å²) in [7, 11) is 0. The van der Waals surface area contributed by atoms with E-state index in [9.17, 15) is 4.79 Å². The average molecular weight is 232 g/mol. The van der Waals surface area contributed by atoms with Crippen LogP contribution in [0.3, 0.4) is 0 Å². The second-order valence-electron chi connectivity index (χ2n) is 5.94. The summed E-state index contributed by atoms with van der Waals surface area (Å²) in [5.74, 6) is 1.78. The summed E-state index contributed by atoms with van der Waals surface area (Å²) in [6, 6.07) is 0. The highest BCUT2D eigenvalue weighted by Gasteiger charge is 2.51. The molecule has 2 heteroatoms. The Morgan fingerprint density at radius 3 is 2.71 bits per heavy atom. The number of hydrogen-bond donors (Lipinski definition) is 0. The Morgan fingerprint density at radius 1 is 1.18 bits per heavy atom. The van der Waals surface area contributed by atoms with Gasteiger partial charge in [0.1, 0.15) is 6.10 Å². The van der Waals surface area contributed by atoms with Crippen LogP contribution in [0.15, 0.2) is 24.3 Å². The molecule has 17 heavy (non-hydrogen) atoms. The number of carbonyl (C=O) groups is 1. The summed E-state index contributed by atoms with van der Waals surface area (Å²) in [5, 5.41) is 0. The van der Waals surface area contributed by atoms with Gasteiger partial charge in [-0.25, -0.2) is 4.79 Å². The first-order valence-electron chi connectivity index (χ1n) is 6.67. The van der Waals surface area contributed by atoms with Crippen LogP contribution in [0.25, 0.3) is 0 Å².